The second-order valence-electron chi connectivity index (χ2n) is 7.89. The molecular formula is C28H17N3. The van der Waals surface area contributed by atoms with Crippen LogP contribution in [0.25, 0.3) is 60.4 Å². The zero-order chi connectivity index (χ0) is 20.4. The molecule has 0 N–H and O–H groups in total. The van der Waals surface area contributed by atoms with Crippen LogP contribution in [0.1, 0.15) is 0 Å². The van der Waals surface area contributed by atoms with Gasteiger partial charge < -0.3 is 4.40 Å². The maximum absolute atomic E-state index is 4.98. The van der Waals surface area contributed by atoms with Crippen molar-refractivity contribution in [1.29, 1.82) is 0 Å². The summed E-state index contributed by atoms with van der Waals surface area (Å²) in [5.74, 6) is 0.762. The van der Waals surface area contributed by atoms with Crippen LogP contribution in [0.3, 0.4) is 0 Å². The van der Waals surface area contributed by atoms with Gasteiger partial charge in [0, 0.05) is 27.7 Å². The van der Waals surface area contributed by atoms with Crippen molar-refractivity contribution in [1.82, 2.24) is 14.4 Å². The summed E-state index contributed by atoms with van der Waals surface area (Å²) in [6.07, 6.45) is 1.93. The van der Waals surface area contributed by atoms with E-state index in [0.717, 1.165) is 27.8 Å². The summed E-state index contributed by atoms with van der Waals surface area (Å²) in [4.78, 5) is 9.79. The highest BCUT2D eigenvalue weighted by atomic mass is 14.9. The first kappa shape index (κ1) is 16.5. The van der Waals surface area contributed by atoms with Crippen molar-refractivity contribution in [3.05, 3.63) is 103 Å². The average Bonchev–Trinajstić information content (AvgIpc) is 3.20. The van der Waals surface area contributed by atoms with E-state index in [4.69, 9.17) is 9.97 Å². The van der Waals surface area contributed by atoms with Crippen molar-refractivity contribution in [3.8, 4) is 11.4 Å². The standard InChI is InChI=1S/C28H17N3/c1-6-14-23-18(9-1)17-29-28(30-23)26-22-13-5-8-16-25(22)31-24-15-7-4-11-20(24)19-10-2-3-12-21(19)27(26)31/h1-17H. The van der Waals surface area contributed by atoms with Crippen LogP contribution in [0.15, 0.2) is 103 Å². The third-order valence-electron chi connectivity index (χ3n) is 6.20. The van der Waals surface area contributed by atoms with Crippen molar-refractivity contribution in [3.63, 3.8) is 0 Å². The number of benzene rings is 4. The number of hydrogen-bond donors (Lipinski definition) is 0. The van der Waals surface area contributed by atoms with Crippen LogP contribution in [0.5, 0.6) is 0 Å². The quantitative estimate of drug-likeness (QED) is 0.280. The predicted octanol–water partition coefficient (Wildman–Crippen LogP) is 7.01. The van der Waals surface area contributed by atoms with Crippen molar-refractivity contribution in [2.45, 2.75) is 0 Å². The molecule has 3 heteroatoms. The Hall–Kier alpha value is -4.24. The van der Waals surface area contributed by atoms with Gasteiger partial charge in [-0.25, -0.2) is 9.97 Å². The lowest BCUT2D eigenvalue weighted by molar-refractivity contribution is 1.23. The van der Waals surface area contributed by atoms with Crippen LogP contribution in [0.4, 0.5) is 0 Å². The van der Waals surface area contributed by atoms with Gasteiger partial charge in [0.25, 0.3) is 0 Å². The smallest absolute Gasteiger partial charge is 0.162 e. The topological polar surface area (TPSA) is 30.2 Å². The molecule has 0 bridgehead atoms. The molecule has 4 aromatic carbocycles. The fraction of sp³-hybridized carbons (Fsp3) is 0. The molecule has 144 valence electrons. The summed E-state index contributed by atoms with van der Waals surface area (Å²) >= 11 is 0. The average molecular weight is 395 g/mol. The molecule has 7 rings (SSSR count). The molecule has 0 atom stereocenters. The Kier molecular flexibility index (Phi) is 3.27. The van der Waals surface area contributed by atoms with Gasteiger partial charge in [-0.2, -0.15) is 0 Å². The second kappa shape index (κ2) is 6.13. The van der Waals surface area contributed by atoms with E-state index in [2.05, 4.69) is 89.3 Å². The Morgan fingerprint density at radius 1 is 0.548 bits per heavy atom. The van der Waals surface area contributed by atoms with E-state index < -0.39 is 0 Å². The zero-order valence-corrected chi connectivity index (χ0v) is 16.7. The van der Waals surface area contributed by atoms with E-state index in [1.807, 2.05) is 18.3 Å². The van der Waals surface area contributed by atoms with Crippen molar-refractivity contribution in [2.24, 2.45) is 0 Å². The molecule has 3 nitrogen and oxygen atoms in total. The van der Waals surface area contributed by atoms with Gasteiger partial charge in [-0.15, -0.1) is 0 Å². The number of aromatic nitrogens is 3. The molecule has 0 amide bonds. The van der Waals surface area contributed by atoms with E-state index in [0.29, 0.717) is 0 Å². The Labute approximate surface area is 178 Å². The van der Waals surface area contributed by atoms with Crippen LogP contribution < -0.4 is 0 Å². The number of hydrogen-bond acceptors (Lipinski definition) is 2. The second-order valence-corrected chi connectivity index (χ2v) is 7.89. The molecule has 31 heavy (non-hydrogen) atoms. The zero-order valence-electron chi connectivity index (χ0n) is 16.7. The molecule has 3 heterocycles. The fourth-order valence-corrected chi connectivity index (χ4v) is 4.89. The van der Waals surface area contributed by atoms with Crippen LogP contribution in [0.2, 0.25) is 0 Å². The van der Waals surface area contributed by atoms with Gasteiger partial charge in [-0.1, -0.05) is 78.9 Å². The molecule has 0 aliphatic rings. The Morgan fingerprint density at radius 3 is 2.00 bits per heavy atom. The Balaban J connectivity index is 1.78. The van der Waals surface area contributed by atoms with Gasteiger partial charge in [-0.3, -0.25) is 0 Å². The van der Waals surface area contributed by atoms with Gasteiger partial charge in [-0.05, 0) is 23.6 Å². The van der Waals surface area contributed by atoms with Gasteiger partial charge in [0.2, 0.25) is 0 Å². The Bertz CT molecular complexity index is 1790. The number of nitrogens with zero attached hydrogens (tertiary/aromatic N) is 3. The minimum atomic E-state index is 0.762. The summed E-state index contributed by atoms with van der Waals surface area (Å²) < 4.78 is 2.38. The Morgan fingerprint density at radius 2 is 1.16 bits per heavy atom. The van der Waals surface area contributed by atoms with E-state index >= 15 is 0 Å². The van der Waals surface area contributed by atoms with Gasteiger partial charge in [0.1, 0.15) is 0 Å². The van der Waals surface area contributed by atoms with E-state index in [9.17, 15) is 0 Å². The van der Waals surface area contributed by atoms with Gasteiger partial charge in [0.05, 0.1) is 27.6 Å². The van der Waals surface area contributed by atoms with Crippen molar-refractivity contribution < 1.29 is 0 Å². The molecule has 7 aromatic rings. The maximum atomic E-state index is 4.98. The lowest BCUT2D eigenvalue weighted by Crippen LogP contribution is -1.93. The first-order valence-electron chi connectivity index (χ1n) is 10.4. The van der Waals surface area contributed by atoms with Crippen LogP contribution in [-0.2, 0) is 0 Å². The molecule has 0 saturated heterocycles. The van der Waals surface area contributed by atoms with Crippen molar-refractivity contribution >= 4 is 49.0 Å². The molecule has 0 unspecified atom stereocenters. The van der Waals surface area contributed by atoms with Crippen LogP contribution >= 0.6 is 0 Å². The molecule has 3 aromatic heterocycles. The minimum absolute atomic E-state index is 0.762. The number of rotatable bonds is 1. The number of para-hydroxylation sites is 3. The molecule has 0 radical (unpaired) electrons. The third-order valence-corrected chi connectivity index (χ3v) is 6.20. The maximum Gasteiger partial charge on any atom is 0.162 e. The summed E-state index contributed by atoms with van der Waals surface area (Å²) in [5.41, 5.74) is 5.57. The molecule has 0 aliphatic heterocycles. The van der Waals surface area contributed by atoms with Gasteiger partial charge in [0.15, 0.2) is 5.82 Å². The third kappa shape index (κ3) is 2.23. The van der Waals surface area contributed by atoms with E-state index in [1.165, 1.54) is 32.6 Å². The van der Waals surface area contributed by atoms with Crippen LogP contribution in [0, 0.1) is 0 Å². The van der Waals surface area contributed by atoms with Crippen LogP contribution in [-0.4, -0.2) is 14.4 Å². The highest BCUT2D eigenvalue weighted by Gasteiger charge is 2.20. The van der Waals surface area contributed by atoms with E-state index in [1.54, 1.807) is 0 Å². The molecule has 0 fully saturated rings. The van der Waals surface area contributed by atoms with E-state index in [-0.39, 0.29) is 0 Å². The summed E-state index contributed by atoms with van der Waals surface area (Å²) in [6, 6.07) is 34.0. The normalized spacial score (nSPS) is 11.9. The fourth-order valence-electron chi connectivity index (χ4n) is 4.89. The summed E-state index contributed by atoms with van der Waals surface area (Å²) in [5, 5.41) is 5.92. The lowest BCUT2D eigenvalue weighted by atomic mass is 10.0. The molecule has 0 aliphatic carbocycles. The minimum Gasteiger partial charge on any atom is -0.308 e. The summed E-state index contributed by atoms with van der Waals surface area (Å²) in [7, 11) is 0. The van der Waals surface area contributed by atoms with Gasteiger partial charge >= 0.3 is 0 Å². The highest BCUT2D eigenvalue weighted by molar-refractivity contribution is 6.21. The lowest BCUT2D eigenvalue weighted by Gasteiger charge is -2.11. The largest absolute Gasteiger partial charge is 0.308 e. The molecular weight excluding hydrogens is 378 g/mol. The molecule has 0 spiro atoms. The number of pyridine rings is 1. The van der Waals surface area contributed by atoms with Crippen molar-refractivity contribution in [2.75, 3.05) is 0 Å². The predicted molar refractivity (Wildman–Crippen MR) is 128 cm³/mol. The first-order chi connectivity index (χ1) is 15.4. The SMILES string of the molecule is c1ccc2nc(-c3c4ccccc4n4c5ccccc5c5ccccc5c34)ncc2c1. The number of fused-ring (bicyclic) bond motifs is 9. The monoisotopic (exact) mass is 395 g/mol. The molecule has 0 saturated carbocycles. The highest BCUT2D eigenvalue weighted by Crippen LogP contribution is 2.41. The summed E-state index contributed by atoms with van der Waals surface area (Å²) in [6.45, 7) is 0. The first-order valence-corrected chi connectivity index (χ1v) is 10.4.